The maximum atomic E-state index is 11.7. The van der Waals surface area contributed by atoms with E-state index >= 15 is 0 Å². The van der Waals surface area contributed by atoms with Crippen molar-refractivity contribution in [3.05, 3.63) is 53.6 Å². The molecule has 2 aromatic carbocycles. The van der Waals surface area contributed by atoms with Crippen LogP contribution in [0.1, 0.15) is 15.9 Å². The number of nitrogens with one attached hydrogen (secondary N) is 1. The Bertz CT molecular complexity index is 655. The van der Waals surface area contributed by atoms with Crippen molar-refractivity contribution in [2.24, 2.45) is 0 Å². The SMILES string of the molecule is CNC(=O)c1ccc(OC)c(COc2cccc(OC)c2)c1. The van der Waals surface area contributed by atoms with E-state index in [1.165, 1.54) is 0 Å². The van der Waals surface area contributed by atoms with Gasteiger partial charge in [0, 0.05) is 24.2 Å². The summed E-state index contributed by atoms with van der Waals surface area (Å²) in [7, 11) is 4.79. The van der Waals surface area contributed by atoms with Gasteiger partial charge in [0.05, 0.1) is 14.2 Å². The van der Waals surface area contributed by atoms with Gasteiger partial charge in [-0.05, 0) is 30.3 Å². The number of rotatable bonds is 6. The second-order valence-corrected chi connectivity index (χ2v) is 4.57. The van der Waals surface area contributed by atoms with Crippen molar-refractivity contribution < 1.29 is 19.0 Å². The van der Waals surface area contributed by atoms with Crippen LogP contribution in [-0.4, -0.2) is 27.2 Å². The molecule has 0 fully saturated rings. The summed E-state index contributed by atoms with van der Waals surface area (Å²) in [6.45, 7) is 0.293. The fourth-order valence-corrected chi connectivity index (χ4v) is 2.03. The van der Waals surface area contributed by atoms with E-state index in [1.807, 2.05) is 18.2 Å². The van der Waals surface area contributed by atoms with E-state index in [0.717, 1.165) is 11.3 Å². The van der Waals surface area contributed by atoms with Crippen molar-refractivity contribution in [3.63, 3.8) is 0 Å². The Morgan fingerprint density at radius 2 is 1.82 bits per heavy atom. The van der Waals surface area contributed by atoms with Crippen molar-refractivity contribution >= 4 is 5.91 Å². The number of carbonyl (C=O) groups is 1. The molecule has 0 saturated carbocycles. The minimum atomic E-state index is -0.148. The molecule has 116 valence electrons. The summed E-state index contributed by atoms with van der Waals surface area (Å²) in [5.74, 6) is 1.94. The van der Waals surface area contributed by atoms with E-state index in [2.05, 4.69) is 5.32 Å². The summed E-state index contributed by atoms with van der Waals surface area (Å²) in [4.78, 5) is 11.7. The summed E-state index contributed by atoms with van der Waals surface area (Å²) < 4.78 is 16.2. The zero-order valence-electron chi connectivity index (χ0n) is 12.9. The highest BCUT2D eigenvalue weighted by Gasteiger charge is 2.10. The van der Waals surface area contributed by atoms with Crippen LogP contribution in [0.25, 0.3) is 0 Å². The Morgan fingerprint density at radius 3 is 2.50 bits per heavy atom. The Balaban J connectivity index is 2.18. The summed E-state index contributed by atoms with van der Waals surface area (Å²) in [6, 6.07) is 12.6. The molecular formula is C17H19NO4. The van der Waals surface area contributed by atoms with Crippen molar-refractivity contribution in [3.8, 4) is 17.2 Å². The van der Waals surface area contributed by atoms with Crippen LogP contribution in [0.5, 0.6) is 17.2 Å². The first-order chi connectivity index (χ1) is 10.7. The van der Waals surface area contributed by atoms with Crippen LogP contribution < -0.4 is 19.5 Å². The molecule has 22 heavy (non-hydrogen) atoms. The van der Waals surface area contributed by atoms with Gasteiger partial charge in [0.2, 0.25) is 0 Å². The van der Waals surface area contributed by atoms with Gasteiger partial charge in [-0.3, -0.25) is 4.79 Å². The highest BCUT2D eigenvalue weighted by Crippen LogP contribution is 2.24. The highest BCUT2D eigenvalue weighted by atomic mass is 16.5. The molecular weight excluding hydrogens is 282 g/mol. The molecule has 0 atom stereocenters. The molecule has 0 radical (unpaired) electrons. The Hall–Kier alpha value is -2.69. The minimum absolute atomic E-state index is 0.148. The van der Waals surface area contributed by atoms with E-state index in [4.69, 9.17) is 14.2 Å². The molecule has 0 heterocycles. The van der Waals surface area contributed by atoms with Gasteiger partial charge in [-0.15, -0.1) is 0 Å². The second-order valence-electron chi connectivity index (χ2n) is 4.57. The molecule has 2 rings (SSSR count). The fraction of sp³-hybridized carbons (Fsp3) is 0.235. The Morgan fingerprint density at radius 1 is 1.05 bits per heavy atom. The Kier molecular flexibility index (Phi) is 5.25. The molecule has 0 aromatic heterocycles. The number of ether oxygens (including phenoxy) is 3. The lowest BCUT2D eigenvalue weighted by atomic mass is 10.1. The summed E-state index contributed by atoms with van der Waals surface area (Å²) in [6.07, 6.45) is 0. The lowest BCUT2D eigenvalue weighted by molar-refractivity contribution is 0.0963. The van der Waals surface area contributed by atoms with Crippen molar-refractivity contribution in [1.82, 2.24) is 5.32 Å². The third kappa shape index (κ3) is 3.69. The lowest BCUT2D eigenvalue weighted by Gasteiger charge is -2.12. The van der Waals surface area contributed by atoms with Gasteiger partial charge in [0.25, 0.3) is 5.91 Å². The van der Waals surface area contributed by atoms with Gasteiger partial charge in [-0.2, -0.15) is 0 Å². The Labute approximate surface area is 129 Å². The van der Waals surface area contributed by atoms with E-state index in [-0.39, 0.29) is 5.91 Å². The van der Waals surface area contributed by atoms with E-state index in [9.17, 15) is 4.79 Å². The summed E-state index contributed by atoms with van der Waals surface area (Å²) in [5, 5.41) is 2.60. The van der Waals surface area contributed by atoms with Gasteiger partial charge >= 0.3 is 0 Å². The van der Waals surface area contributed by atoms with Gasteiger partial charge in [-0.1, -0.05) is 6.07 Å². The van der Waals surface area contributed by atoms with Crippen LogP contribution in [0, 0.1) is 0 Å². The van der Waals surface area contributed by atoms with Gasteiger partial charge in [-0.25, -0.2) is 0 Å². The quantitative estimate of drug-likeness (QED) is 0.891. The van der Waals surface area contributed by atoms with Crippen molar-refractivity contribution in [2.45, 2.75) is 6.61 Å². The number of hydrogen-bond donors (Lipinski definition) is 1. The first-order valence-corrected chi connectivity index (χ1v) is 6.83. The van der Waals surface area contributed by atoms with Crippen LogP contribution in [0.4, 0.5) is 0 Å². The van der Waals surface area contributed by atoms with Crippen molar-refractivity contribution in [2.75, 3.05) is 21.3 Å². The van der Waals surface area contributed by atoms with E-state index < -0.39 is 0 Å². The number of hydrogen-bond acceptors (Lipinski definition) is 4. The second kappa shape index (κ2) is 7.36. The summed E-state index contributed by atoms with van der Waals surface area (Å²) >= 11 is 0. The molecule has 0 saturated heterocycles. The number of benzene rings is 2. The first kappa shape index (κ1) is 15.7. The molecule has 5 heteroatoms. The number of carbonyl (C=O) groups excluding carboxylic acids is 1. The lowest BCUT2D eigenvalue weighted by Crippen LogP contribution is -2.18. The first-order valence-electron chi connectivity index (χ1n) is 6.83. The molecule has 0 aliphatic carbocycles. The summed E-state index contributed by atoms with van der Waals surface area (Å²) in [5.41, 5.74) is 1.36. The molecule has 1 N–H and O–H groups in total. The van der Waals surface area contributed by atoms with Gasteiger partial charge in [0.1, 0.15) is 23.9 Å². The molecule has 0 aliphatic heterocycles. The predicted octanol–water partition coefficient (Wildman–Crippen LogP) is 2.64. The highest BCUT2D eigenvalue weighted by molar-refractivity contribution is 5.94. The van der Waals surface area contributed by atoms with Crippen LogP contribution in [0.15, 0.2) is 42.5 Å². The van der Waals surface area contributed by atoms with Crippen LogP contribution in [-0.2, 0) is 6.61 Å². The van der Waals surface area contributed by atoms with Crippen molar-refractivity contribution in [1.29, 1.82) is 0 Å². The minimum Gasteiger partial charge on any atom is -0.497 e. The van der Waals surface area contributed by atoms with Crippen LogP contribution in [0.2, 0.25) is 0 Å². The molecule has 0 spiro atoms. The van der Waals surface area contributed by atoms with Gasteiger partial charge in [0.15, 0.2) is 0 Å². The monoisotopic (exact) mass is 301 g/mol. The standard InChI is InChI=1S/C17H19NO4/c1-18-17(19)12-7-8-16(21-3)13(9-12)11-22-15-6-4-5-14(10-15)20-2/h4-10H,11H2,1-3H3,(H,18,19). The van der Waals surface area contributed by atoms with Crippen LogP contribution >= 0.6 is 0 Å². The topological polar surface area (TPSA) is 56.8 Å². The number of amides is 1. The average molecular weight is 301 g/mol. The maximum absolute atomic E-state index is 11.7. The zero-order chi connectivity index (χ0) is 15.9. The zero-order valence-corrected chi connectivity index (χ0v) is 12.9. The molecule has 0 aliphatic rings. The third-order valence-electron chi connectivity index (χ3n) is 3.21. The smallest absolute Gasteiger partial charge is 0.251 e. The molecule has 0 unspecified atom stereocenters. The largest absolute Gasteiger partial charge is 0.497 e. The maximum Gasteiger partial charge on any atom is 0.251 e. The molecule has 1 amide bonds. The average Bonchev–Trinajstić information content (AvgIpc) is 2.59. The van der Waals surface area contributed by atoms with E-state index in [1.54, 1.807) is 45.5 Å². The molecule has 0 bridgehead atoms. The predicted molar refractivity (Wildman–Crippen MR) is 83.7 cm³/mol. The van der Waals surface area contributed by atoms with Crippen LogP contribution in [0.3, 0.4) is 0 Å². The molecule has 5 nitrogen and oxygen atoms in total. The molecule has 2 aromatic rings. The number of methoxy groups -OCH3 is 2. The van der Waals surface area contributed by atoms with Gasteiger partial charge < -0.3 is 19.5 Å². The fourth-order valence-electron chi connectivity index (χ4n) is 2.03. The third-order valence-corrected chi connectivity index (χ3v) is 3.21. The van der Waals surface area contributed by atoms with E-state index in [0.29, 0.717) is 23.7 Å². The normalized spacial score (nSPS) is 9.95.